The molecule has 0 radical (unpaired) electrons. The van der Waals surface area contributed by atoms with Crippen LogP contribution in [0.1, 0.15) is 11.4 Å². The van der Waals surface area contributed by atoms with Crippen LogP contribution in [0.2, 0.25) is 0 Å². The summed E-state index contributed by atoms with van der Waals surface area (Å²) in [4.78, 5) is 18.5. The lowest BCUT2D eigenvalue weighted by Gasteiger charge is -2.15. The van der Waals surface area contributed by atoms with Gasteiger partial charge in [-0.25, -0.2) is 4.98 Å². The maximum Gasteiger partial charge on any atom is 0.238 e. The molecule has 7 heteroatoms. The molecule has 120 valence electrons. The van der Waals surface area contributed by atoms with Crippen molar-refractivity contribution in [2.75, 3.05) is 18.9 Å². The first-order chi connectivity index (χ1) is 11.0. The van der Waals surface area contributed by atoms with Gasteiger partial charge in [0.25, 0.3) is 0 Å². The van der Waals surface area contributed by atoms with E-state index in [-0.39, 0.29) is 5.91 Å². The van der Waals surface area contributed by atoms with Crippen LogP contribution in [0.5, 0.6) is 0 Å². The Labute approximate surface area is 134 Å². The Morgan fingerprint density at radius 1 is 1.35 bits per heavy atom. The van der Waals surface area contributed by atoms with Crippen molar-refractivity contribution in [2.24, 2.45) is 7.05 Å². The zero-order valence-corrected chi connectivity index (χ0v) is 13.5. The van der Waals surface area contributed by atoms with E-state index in [1.165, 1.54) is 0 Å². The zero-order valence-electron chi connectivity index (χ0n) is 13.5. The van der Waals surface area contributed by atoms with Crippen molar-refractivity contribution >= 4 is 17.2 Å². The molecule has 0 aromatic carbocycles. The van der Waals surface area contributed by atoms with Crippen LogP contribution in [0.25, 0.3) is 5.65 Å². The highest BCUT2D eigenvalue weighted by Gasteiger charge is 2.12. The van der Waals surface area contributed by atoms with Crippen LogP contribution in [-0.4, -0.2) is 43.6 Å². The van der Waals surface area contributed by atoms with Gasteiger partial charge in [0.1, 0.15) is 5.65 Å². The van der Waals surface area contributed by atoms with Gasteiger partial charge < -0.3 is 9.72 Å². The average Bonchev–Trinajstić information content (AvgIpc) is 3.06. The van der Waals surface area contributed by atoms with Crippen LogP contribution in [0.4, 0.5) is 5.69 Å². The summed E-state index contributed by atoms with van der Waals surface area (Å²) in [5, 5.41) is 7.01. The molecule has 0 saturated carbocycles. The first-order valence-corrected chi connectivity index (χ1v) is 7.42. The van der Waals surface area contributed by atoms with E-state index in [0.29, 0.717) is 13.1 Å². The Morgan fingerprint density at radius 3 is 2.91 bits per heavy atom. The summed E-state index contributed by atoms with van der Waals surface area (Å²) in [7, 11) is 3.76. The second-order valence-corrected chi connectivity index (χ2v) is 5.67. The molecule has 1 amide bonds. The average molecular weight is 312 g/mol. The number of amides is 1. The summed E-state index contributed by atoms with van der Waals surface area (Å²) in [5.41, 5.74) is 3.64. The number of fused-ring (bicyclic) bond motifs is 1. The molecule has 0 bridgehead atoms. The van der Waals surface area contributed by atoms with E-state index in [0.717, 1.165) is 22.7 Å². The normalized spacial score (nSPS) is 11.3. The number of nitrogens with one attached hydrogen (secondary N) is 1. The SMILES string of the molecule is Cc1c(NC(=O)CN(C)Cc2cnc3ccccn23)cnn1C. The summed E-state index contributed by atoms with van der Waals surface area (Å²) in [6.45, 7) is 2.86. The van der Waals surface area contributed by atoms with Gasteiger partial charge in [0, 0.05) is 19.8 Å². The third kappa shape index (κ3) is 3.24. The van der Waals surface area contributed by atoms with E-state index in [9.17, 15) is 4.79 Å². The Kier molecular flexibility index (Phi) is 4.12. The summed E-state index contributed by atoms with van der Waals surface area (Å²) in [6.07, 6.45) is 5.48. The van der Waals surface area contributed by atoms with Gasteiger partial charge >= 0.3 is 0 Å². The number of aryl methyl sites for hydroxylation is 1. The number of carbonyl (C=O) groups excluding carboxylic acids is 1. The molecular weight excluding hydrogens is 292 g/mol. The monoisotopic (exact) mass is 312 g/mol. The molecule has 0 fully saturated rings. The fourth-order valence-corrected chi connectivity index (χ4v) is 2.49. The molecule has 0 aliphatic rings. The first kappa shape index (κ1) is 15.2. The number of imidazole rings is 1. The van der Waals surface area contributed by atoms with E-state index >= 15 is 0 Å². The number of hydrogen-bond donors (Lipinski definition) is 1. The largest absolute Gasteiger partial charge is 0.322 e. The summed E-state index contributed by atoms with van der Waals surface area (Å²) >= 11 is 0. The van der Waals surface area contributed by atoms with Crippen molar-refractivity contribution in [3.63, 3.8) is 0 Å². The maximum absolute atomic E-state index is 12.2. The van der Waals surface area contributed by atoms with Crippen LogP contribution in [0, 0.1) is 6.92 Å². The first-order valence-electron chi connectivity index (χ1n) is 7.42. The molecule has 0 unspecified atom stereocenters. The topological polar surface area (TPSA) is 67.5 Å². The molecule has 23 heavy (non-hydrogen) atoms. The number of rotatable bonds is 5. The minimum Gasteiger partial charge on any atom is -0.322 e. The predicted octanol–water partition coefficient (Wildman–Crippen LogP) is 1.45. The number of anilines is 1. The summed E-state index contributed by atoms with van der Waals surface area (Å²) in [5.74, 6) is -0.0579. The number of carbonyl (C=O) groups is 1. The van der Waals surface area contributed by atoms with E-state index in [2.05, 4.69) is 15.4 Å². The van der Waals surface area contributed by atoms with Crippen LogP contribution >= 0.6 is 0 Å². The molecule has 0 saturated heterocycles. The quantitative estimate of drug-likeness (QED) is 0.774. The predicted molar refractivity (Wildman–Crippen MR) is 88.1 cm³/mol. The van der Waals surface area contributed by atoms with Gasteiger partial charge in [0.2, 0.25) is 5.91 Å². The minimum absolute atomic E-state index is 0.0579. The lowest BCUT2D eigenvalue weighted by molar-refractivity contribution is -0.117. The van der Waals surface area contributed by atoms with Crippen LogP contribution in [-0.2, 0) is 18.4 Å². The zero-order chi connectivity index (χ0) is 16.4. The Bertz CT molecular complexity index is 834. The fourth-order valence-electron chi connectivity index (χ4n) is 2.49. The van der Waals surface area contributed by atoms with E-state index in [1.807, 2.05) is 60.9 Å². The van der Waals surface area contributed by atoms with Crippen LogP contribution in [0.3, 0.4) is 0 Å². The van der Waals surface area contributed by atoms with Crippen molar-refractivity contribution in [1.29, 1.82) is 0 Å². The highest BCUT2D eigenvalue weighted by molar-refractivity contribution is 5.92. The fraction of sp³-hybridized carbons (Fsp3) is 0.312. The molecule has 7 nitrogen and oxygen atoms in total. The molecule has 3 rings (SSSR count). The molecular formula is C16H20N6O. The van der Waals surface area contributed by atoms with Crippen LogP contribution < -0.4 is 5.32 Å². The van der Waals surface area contributed by atoms with E-state index in [4.69, 9.17) is 0 Å². The number of aromatic nitrogens is 4. The van der Waals surface area contributed by atoms with Crippen LogP contribution in [0.15, 0.2) is 36.8 Å². The summed E-state index contributed by atoms with van der Waals surface area (Å²) in [6, 6.07) is 5.89. The third-order valence-electron chi connectivity index (χ3n) is 3.85. The van der Waals surface area contributed by atoms with Crippen molar-refractivity contribution in [1.82, 2.24) is 24.1 Å². The molecule has 3 heterocycles. The Balaban J connectivity index is 1.61. The van der Waals surface area contributed by atoms with Gasteiger partial charge in [-0.2, -0.15) is 5.10 Å². The van der Waals surface area contributed by atoms with Gasteiger partial charge in [-0.3, -0.25) is 14.4 Å². The molecule has 0 spiro atoms. The molecule has 3 aromatic heterocycles. The van der Waals surface area contributed by atoms with E-state index < -0.39 is 0 Å². The number of pyridine rings is 1. The number of nitrogens with zero attached hydrogens (tertiary/aromatic N) is 5. The number of hydrogen-bond acceptors (Lipinski definition) is 4. The van der Waals surface area contributed by atoms with Crippen molar-refractivity contribution in [2.45, 2.75) is 13.5 Å². The molecule has 0 atom stereocenters. The van der Waals surface area contributed by atoms with Crippen molar-refractivity contribution < 1.29 is 4.79 Å². The maximum atomic E-state index is 12.2. The van der Waals surface area contributed by atoms with Gasteiger partial charge in [-0.05, 0) is 26.1 Å². The van der Waals surface area contributed by atoms with Gasteiger partial charge in [0.05, 0.1) is 36.0 Å². The van der Waals surface area contributed by atoms with Gasteiger partial charge in [-0.15, -0.1) is 0 Å². The standard InChI is InChI=1S/C16H20N6O/c1-12-14(9-18-21(12)3)19-16(23)11-20(2)10-13-8-17-15-6-4-5-7-22(13)15/h4-9H,10-11H2,1-3H3,(H,19,23). The molecule has 0 aliphatic heterocycles. The Hall–Kier alpha value is -2.67. The second kappa shape index (κ2) is 6.21. The molecule has 1 N–H and O–H groups in total. The molecule has 3 aromatic rings. The van der Waals surface area contributed by atoms with Gasteiger partial charge in [-0.1, -0.05) is 6.07 Å². The Morgan fingerprint density at radius 2 is 2.17 bits per heavy atom. The smallest absolute Gasteiger partial charge is 0.238 e. The van der Waals surface area contributed by atoms with Crippen molar-refractivity contribution in [3.05, 3.63) is 48.2 Å². The number of likely N-dealkylation sites (N-methyl/N-ethyl adjacent to an activating group) is 1. The summed E-state index contributed by atoms with van der Waals surface area (Å²) < 4.78 is 3.76. The lowest BCUT2D eigenvalue weighted by Crippen LogP contribution is -2.30. The van der Waals surface area contributed by atoms with E-state index in [1.54, 1.807) is 10.9 Å². The lowest BCUT2D eigenvalue weighted by atomic mass is 10.3. The highest BCUT2D eigenvalue weighted by Crippen LogP contribution is 2.12. The second-order valence-electron chi connectivity index (χ2n) is 5.67. The highest BCUT2D eigenvalue weighted by atomic mass is 16.2. The van der Waals surface area contributed by atoms with Gasteiger partial charge in [0.15, 0.2) is 0 Å². The minimum atomic E-state index is -0.0579. The van der Waals surface area contributed by atoms with Crippen molar-refractivity contribution in [3.8, 4) is 0 Å². The third-order valence-corrected chi connectivity index (χ3v) is 3.85. The molecule has 0 aliphatic carbocycles.